The van der Waals surface area contributed by atoms with Crippen molar-refractivity contribution in [1.29, 1.82) is 0 Å². The lowest BCUT2D eigenvalue weighted by Crippen LogP contribution is -2.29. The summed E-state index contributed by atoms with van der Waals surface area (Å²) in [6.45, 7) is 10.4. The van der Waals surface area contributed by atoms with Crippen molar-refractivity contribution in [2.75, 3.05) is 23.3 Å². The molecule has 0 bridgehead atoms. The number of hydrogen-bond donors (Lipinski definition) is 3. The molecule has 9 heteroatoms. The molecule has 0 aliphatic carbocycles. The first-order valence-corrected chi connectivity index (χ1v) is 13.1. The van der Waals surface area contributed by atoms with Crippen LogP contribution in [0.5, 0.6) is 0 Å². The van der Waals surface area contributed by atoms with Gasteiger partial charge in [0.2, 0.25) is 0 Å². The highest BCUT2D eigenvalue weighted by Crippen LogP contribution is 2.35. The Bertz CT molecular complexity index is 1630. The monoisotopic (exact) mass is 510 g/mol. The lowest BCUT2D eigenvalue weighted by molar-refractivity contribution is 0.579. The molecule has 0 radical (unpaired) electrons. The Labute approximate surface area is 220 Å². The number of nitrogens with one attached hydrogen (secondary N) is 3. The second-order valence-electron chi connectivity index (χ2n) is 10.4. The van der Waals surface area contributed by atoms with Crippen LogP contribution in [0.15, 0.2) is 55.1 Å². The van der Waals surface area contributed by atoms with Gasteiger partial charge in [0.05, 0.1) is 40.2 Å². The molecule has 1 aliphatic rings. The van der Waals surface area contributed by atoms with Crippen LogP contribution in [0.25, 0.3) is 44.7 Å². The van der Waals surface area contributed by atoms with Gasteiger partial charge < -0.3 is 15.2 Å². The van der Waals surface area contributed by atoms with Gasteiger partial charge in [0.25, 0.3) is 0 Å². The van der Waals surface area contributed by atoms with Crippen LogP contribution in [0.4, 0.5) is 15.8 Å². The minimum atomic E-state index is -0.470. The molecule has 38 heavy (non-hydrogen) atoms. The Balaban J connectivity index is 1.39. The normalized spacial score (nSPS) is 14.1. The molecule has 0 amide bonds. The van der Waals surface area contributed by atoms with Crippen LogP contribution in [-0.2, 0) is 0 Å². The maximum Gasteiger partial charge on any atom is 0.161 e. The molecule has 5 heterocycles. The number of rotatable bonds is 7. The minimum Gasteiger partial charge on any atom is -0.370 e. The van der Waals surface area contributed by atoms with Crippen molar-refractivity contribution in [1.82, 2.24) is 30.1 Å². The molecule has 1 aliphatic heterocycles. The van der Waals surface area contributed by atoms with E-state index < -0.39 is 5.82 Å². The molecule has 1 aromatic carbocycles. The highest BCUT2D eigenvalue weighted by Gasteiger charge is 2.22. The number of anilines is 2. The maximum absolute atomic E-state index is 16.1. The molecule has 0 spiro atoms. The number of nitrogens with zero attached hydrogens (tertiary/aromatic N) is 5. The second-order valence-corrected chi connectivity index (χ2v) is 10.4. The summed E-state index contributed by atoms with van der Waals surface area (Å²) in [7, 11) is 0. The quantitative estimate of drug-likeness (QED) is 0.226. The third-order valence-corrected chi connectivity index (χ3v) is 6.94. The number of halogens is 1. The van der Waals surface area contributed by atoms with Gasteiger partial charge in [-0.15, -0.1) is 0 Å². The van der Waals surface area contributed by atoms with E-state index in [1.165, 1.54) is 19.3 Å². The van der Waals surface area contributed by atoms with Gasteiger partial charge in [-0.05, 0) is 49.8 Å². The number of aromatic nitrogens is 6. The molecule has 4 aromatic heterocycles. The van der Waals surface area contributed by atoms with E-state index in [-0.39, 0.29) is 5.69 Å². The number of pyridine rings is 2. The van der Waals surface area contributed by atoms with Crippen molar-refractivity contribution >= 4 is 33.3 Å². The SMILES string of the molecule is C=C(CC(C)C)Nc1cncc(-c2ncc3[nH]nc(-c4nc5c(N6CCCCC6)cccc5[nH]4)c3c2F)c1. The predicted octanol–water partition coefficient (Wildman–Crippen LogP) is 6.66. The number of para-hydroxylation sites is 1. The average Bonchev–Trinajstić information content (AvgIpc) is 3.54. The zero-order chi connectivity index (χ0) is 26.2. The summed E-state index contributed by atoms with van der Waals surface area (Å²) >= 11 is 0. The molecule has 194 valence electrons. The summed E-state index contributed by atoms with van der Waals surface area (Å²) in [6, 6.07) is 7.97. The Morgan fingerprint density at radius 2 is 1.95 bits per heavy atom. The Hall–Kier alpha value is -4.27. The molecule has 0 atom stereocenters. The van der Waals surface area contributed by atoms with E-state index in [0.29, 0.717) is 33.9 Å². The van der Waals surface area contributed by atoms with Gasteiger partial charge in [0.15, 0.2) is 11.6 Å². The van der Waals surface area contributed by atoms with E-state index in [4.69, 9.17) is 4.98 Å². The topological polar surface area (TPSA) is 98.4 Å². The molecule has 1 fully saturated rings. The van der Waals surface area contributed by atoms with Crippen LogP contribution in [0.1, 0.15) is 39.5 Å². The fourth-order valence-electron chi connectivity index (χ4n) is 5.25. The molecule has 0 unspecified atom stereocenters. The Kier molecular flexibility index (Phi) is 6.27. The lowest BCUT2D eigenvalue weighted by atomic mass is 10.1. The van der Waals surface area contributed by atoms with E-state index in [1.54, 1.807) is 18.6 Å². The molecule has 0 saturated carbocycles. The molecular formula is C29H31FN8. The van der Waals surface area contributed by atoms with E-state index >= 15 is 4.39 Å². The number of imidazole rings is 1. The average molecular weight is 511 g/mol. The van der Waals surface area contributed by atoms with Crippen LogP contribution in [-0.4, -0.2) is 43.2 Å². The number of aromatic amines is 2. The van der Waals surface area contributed by atoms with E-state index in [0.717, 1.165) is 47.6 Å². The number of H-pyrrole nitrogens is 2. The fourth-order valence-corrected chi connectivity index (χ4v) is 5.25. The summed E-state index contributed by atoms with van der Waals surface area (Å²) in [5.41, 5.74) is 6.20. The van der Waals surface area contributed by atoms with Crippen molar-refractivity contribution in [3.05, 3.63) is 60.9 Å². The second kappa shape index (κ2) is 9.89. The number of allylic oxidation sites excluding steroid dienone is 1. The predicted molar refractivity (Wildman–Crippen MR) is 150 cm³/mol. The van der Waals surface area contributed by atoms with E-state index in [1.807, 2.05) is 18.2 Å². The van der Waals surface area contributed by atoms with Crippen molar-refractivity contribution in [2.24, 2.45) is 5.92 Å². The van der Waals surface area contributed by atoms with E-state index in [2.05, 4.69) is 61.9 Å². The van der Waals surface area contributed by atoms with Crippen molar-refractivity contribution < 1.29 is 4.39 Å². The zero-order valence-corrected chi connectivity index (χ0v) is 21.7. The van der Waals surface area contributed by atoms with Crippen LogP contribution in [0.3, 0.4) is 0 Å². The van der Waals surface area contributed by atoms with Gasteiger partial charge in [-0.3, -0.25) is 15.1 Å². The van der Waals surface area contributed by atoms with E-state index in [9.17, 15) is 0 Å². The number of benzene rings is 1. The molecule has 5 aromatic rings. The highest BCUT2D eigenvalue weighted by atomic mass is 19.1. The third kappa shape index (κ3) is 4.49. The van der Waals surface area contributed by atoms with Crippen LogP contribution in [0.2, 0.25) is 0 Å². The first-order valence-electron chi connectivity index (χ1n) is 13.1. The summed E-state index contributed by atoms with van der Waals surface area (Å²) in [6.07, 6.45) is 9.35. The summed E-state index contributed by atoms with van der Waals surface area (Å²) in [4.78, 5) is 19.3. The van der Waals surface area contributed by atoms with Gasteiger partial charge in [-0.2, -0.15) is 5.10 Å². The van der Waals surface area contributed by atoms with Gasteiger partial charge in [-0.1, -0.05) is 26.5 Å². The number of fused-ring (bicyclic) bond motifs is 2. The van der Waals surface area contributed by atoms with Crippen LogP contribution < -0.4 is 10.2 Å². The zero-order valence-electron chi connectivity index (χ0n) is 21.7. The standard InChI is InChI=1S/C29H31FN8/c1-17(2)12-18(3)33-20-13-19(14-31-15-20)26-25(30)24-22(16-32-26)36-37-28(24)29-34-21-8-7-9-23(27(21)35-29)38-10-5-4-6-11-38/h7-9,13-17,33H,3-6,10-12H2,1-2H3,(H,34,35)(H,36,37). The summed E-state index contributed by atoms with van der Waals surface area (Å²) in [5.74, 6) is 0.523. The van der Waals surface area contributed by atoms with Gasteiger partial charge in [-0.25, -0.2) is 9.37 Å². The van der Waals surface area contributed by atoms with Crippen molar-refractivity contribution in [3.8, 4) is 22.8 Å². The van der Waals surface area contributed by atoms with Gasteiger partial charge in [0.1, 0.15) is 16.9 Å². The molecule has 1 saturated heterocycles. The van der Waals surface area contributed by atoms with Gasteiger partial charge in [0, 0.05) is 30.5 Å². The van der Waals surface area contributed by atoms with Crippen molar-refractivity contribution in [2.45, 2.75) is 39.5 Å². The first kappa shape index (κ1) is 24.1. The minimum absolute atomic E-state index is 0.205. The number of hydrogen-bond acceptors (Lipinski definition) is 6. The summed E-state index contributed by atoms with van der Waals surface area (Å²) in [5, 5.41) is 11.0. The van der Waals surface area contributed by atoms with Crippen molar-refractivity contribution in [3.63, 3.8) is 0 Å². The van der Waals surface area contributed by atoms with Crippen LogP contribution >= 0.6 is 0 Å². The highest BCUT2D eigenvalue weighted by molar-refractivity contribution is 5.97. The molecule has 3 N–H and O–H groups in total. The Morgan fingerprint density at radius 1 is 1.11 bits per heavy atom. The lowest BCUT2D eigenvalue weighted by Gasteiger charge is -2.28. The fraction of sp³-hybridized carbons (Fsp3) is 0.310. The van der Waals surface area contributed by atoms with Crippen LogP contribution in [0, 0.1) is 11.7 Å². The largest absolute Gasteiger partial charge is 0.370 e. The number of piperidine rings is 1. The molecule has 6 rings (SSSR count). The third-order valence-electron chi connectivity index (χ3n) is 6.94. The summed E-state index contributed by atoms with van der Waals surface area (Å²) < 4.78 is 16.1. The first-order chi connectivity index (χ1) is 18.5. The van der Waals surface area contributed by atoms with Gasteiger partial charge >= 0.3 is 0 Å². The maximum atomic E-state index is 16.1. The molecule has 8 nitrogen and oxygen atoms in total. The Morgan fingerprint density at radius 3 is 2.76 bits per heavy atom. The smallest absolute Gasteiger partial charge is 0.161 e. The molecular weight excluding hydrogens is 479 g/mol.